The van der Waals surface area contributed by atoms with Gasteiger partial charge < -0.3 is 9.16 Å². The van der Waals surface area contributed by atoms with Gasteiger partial charge >= 0.3 is 6.16 Å². The molecule has 0 saturated carbocycles. The van der Waals surface area contributed by atoms with E-state index in [1.807, 2.05) is 33.9 Å². The lowest BCUT2D eigenvalue weighted by atomic mass is 10.2. The van der Waals surface area contributed by atoms with Gasteiger partial charge in [-0.2, -0.15) is 0 Å². The zero-order valence-electron chi connectivity index (χ0n) is 10.3. The van der Waals surface area contributed by atoms with E-state index in [2.05, 4.69) is 13.8 Å². The molecule has 14 heavy (non-hydrogen) atoms. The van der Waals surface area contributed by atoms with Gasteiger partial charge in [0.05, 0.1) is 0 Å². The fourth-order valence-corrected chi connectivity index (χ4v) is 1.31. The van der Waals surface area contributed by atoms with E-state index in [1.54, 1.807) is 0 Å². The van der Waals surface area contributed by atoms with Crippen molar-refractivity contribution >= 4 is 14.5 Å². The van der Waals surface area contributed by atoms with Crippen LogP contribution in [0.3, 0.4) is 0 Å². The van der Waals surface area contributed by atoms with E-state index in [0.29, 0.717) is 5.54 Å². The zero-order valence-corrected chi connectivity index (χ0v) is 11.3. The minimum absolute atomic E-state index is 0.398. The zero-order chi connectivity index (χ0) is 11.6. The van der Waals surface area contributed by atoms with E-state index in [1.165, 1.54) is 0 Å². The number of rotatable bonds is 2. The van der Waals surface area contributed by atoms with Gasteiger partial charge in [-0.3, -0.25) is 0 Å². The van der Waals surface area contributed by atoms with Crippen LogP contribution >= 0.6 is 0 Å². The molecule has 0 amide bonds. The Kier molecular flexibility index (Phi) is 4.18. The van der Waals surface area contributed by atoms with Crippen LogP contribution in [0.25, 0.3) is 0 Å². The predicted molar refractivity (Wildman–Crippen MR) is 59.9 cm³/mol. The average Bonchev–Trinajstić information content (AvgIpc) is 1.79. The summed E-state index contributed by atoms with van der Waals surface area (Å²) in [7, 11) is -1.92. The van der Waals surface area contributed by atoms with Crippen molar-refractivity contribution in [3.63, 3.8) is 0 Å². The third kappa shape index (κ3) is 5.27. The Morgan fingerprint density at radius 3 is 1.93 bits per heavy atom. The Bertz CT molecular complexity index is 204. The molecule has 0 spiro atoms. The van der Waals surface area contributed by atoms with Crippen LogP contribution in [0, 0.1) is 0 Å². The first-order valence-electron chi connectivity index (χ1n) is 4.96. The van der Waals surface area contributed by atoms with Crippen molar-refractivity contribution in [3.8, 4) is 0 Å². The molecule has 0 aliphatic heterocycles. The molecule has 0 fully saturated rings. The van der Waals surface area contributed by atoms with Crippen LogP contribution in [0.15, 0.2) is 0 Å². The molecule has 0 rings (SSSR count). The number of hydrogen-bond donors (Lipinski definition) is 0. The second-order valence-electron chi connectivity index (χ2n) is 5.32. The molecule has 0 aliphatic carbocycles. The Balaban J connectivity index is 4.20. The summed E-state index contributed by atoms with van der Waals surface area (Å²) < 4.78 is 10.5. The van der Waals surface area contributed by atoms with E-state index in [0.717, 1.165) is 0 Å². The van der Waals surface area contributed by atoms with Crippen molar-refractivity contribution in [2.75, 3.05) is 0 Å². The third-order valence-corrected chi connectivity index (χ3v) is 5.60. The SMILES string of the molecule is CC(C)[Si](C)(C)OC(=O)OC(C)(C)C. The van der Waals surface area contributed by atoms with Gasteiger partial charge in [0, 0.05) is 0 Å². The van der Waals surface area contributed by atoms with E-state index in [4.69, 9.17) is 9.16 Å². The molecule has 4 heteroatoms. The molecule has 0 saturated heterocycles. The maximum absolute atomic E-state index is 11.4. The van der Waals surface area contributed by atoms with E-state index in [9.17, 15) is 4.79 Å². The highest BCUT2D eigenvalue weighted by molar-refractivity contribution is 6.73. The summed E-state index contributed by atoms with van der Waals surface area (Å²) in [5, 5.41) is 0. The van der Waals surface area contributed by atoms with Crippen LogP contribution < -0.4 is 0 Å². The summed E-state index contributed by atoms with van der Waals surface area (Å²) in [6, 6.07) is 0. The van der Waals surface area contributed by atoms with Gasteiger partial charge in [0.1, 0.15) is 5.60 Å². The van der Waals surface area contributed by atoms with Crippen LogP contribution in [0.5, 0.6) is 0 Å². The second kappa shape index (κ2) is 4.34. The summed E-state index contributed by atoms with van der Waals surface area (Å²) in [4.78, 5) is 11.4. The number of hydrogen-bond acceptors (Lipinski definition) is 3. The van der Waals surface area contributed by atoms with Crippen molar-refractivity contribution < 1.29 is 14.0 Å². The van der Waals surface area contributed by atoms with E-state index < -0.39 is 20.1 Å². The Labute approximate surface area is 87.9 Å². The Morgan fingerprint density at radius 1 is 1.21 bits per heavy atom. The maximum atomic E-state index is 11.4. The van der Waals surface area contributed by atoms with Gasteiger partial charge in [0.25, 0.3) is 8.32 Å². The largest absolute Gasteiger partial charge is 0.494 e. The molecule has 0 aromatic rings. The molecule has 84 valence electrons. The summed E-state index contributed by atoms with van der Waals surface area (Å²) in [6.07, 6.45) is -0.539. The first-order valence-corrected chi connectivity index (χ1v) is 7.95. The molecular formula is C10H22O3Si. The Morgan fingerprint density at radius 2 is 1.64 bits per heavy atom. The minimum atomic E-state index is -1.92. The lowest BCUT2D eigenvalue weighted by molar-refractivity contribution is 0.0184. The quantitative estimate of drug-likeness (QED) is 0.525. The maximum Gasteiger partial charge on any atom is 0.494 e. The van der Waals surface area contributed by atoms with Crippen LogP contribution in [-0.4, -0.2) is 20.1 Å². The van der Waals surface area contributed by atoms with Gasteiger partial charge in [-0.05, 0) is 39.4 Å². The van der Waals surface area contributed by atoms with Crippen molar-refractivity contribution in [3.05, 3.63) is 0 Å². The first kappa shape index (κ1) is 13.5. The molecule has 0 radical (unpaired) electrons. The smallest absolute Gasteiger partial charge is 0.489 e. The van der Waals surface area contributed by atoms with Gasteiger partial charge in [-0.1, -0.05) is 13.8 Å². The van der Waals surface area contributed by atoms with E-state index >= 15 is 0 Å². The van der Waals surface area contributed by atoms with Crippen molar-refractivity contribution in [2.24, 2.45) is 0 Å². The predicted octanol–water partition coefficient (Wildman–Crippen LogP) is 3.55. The van der Waals surface area contributed by atoms with Gasteiger partial charge in [-0.25, -0.2) is 4.79 Å². The molecule has 0 bridgehead atoms. The normalized spacial score (nSPS) is 12.9. The fraction of sp³-hybridized carbons (Fsp3) is 0.900. The molecule has 3 nitrogen and oxygen atoms in total. The average molecular weight is 218 g/mol. The summed E-state index contributed by atoms with van der Waals surface area (Å²) in [5.41, 5.74) is -0.0755. The standard InChI is InChI=1S/C10H22O3Si/c1-8(2)14(6,7)13-9(11)12-10(3,4)5/h8H,1-7H3. The van der Waals surface area contributed by atoms with Crippen molar-refractivity contribution in [2.45, 2.75) is 58.9 Å². The molecule has 0 aromatic heterocycles. The van der Waals surface area contributed by atoms with Gasteiger partial charge in [-0.15, -0.1) is 0 Å². The van der Waals surface area contributed by atoms with Gasteiger partial charge in [0.15, 0.2) is 0 Å². The summed E-state index contributed by atoms with van der Waals surface area (Å²) in [5.74, 6) is 0. The van der Waals surface area contributed by atoms with Crippen LogP contribution in [0.1, 0.15) is 34.6 Å². The van der Waals surface area contributed by atoms with Crippen LogP contribution in [-0.2, 0) is 9.16 Å². The molecule has 0 aromatic carbocycles. The molecule has 0 unspecified atom stereocenters. The Hall–Kier alpha value is -0.513. The number of ether oxygens (including phenoxy) is 1. The summed E-state index contributed by atoms with van der Waals surface area (Å²) in [6.45, 7) is 13.7. The summed E-state index contributed by atoms with van der Waals surface area (Å²) >= 11 is 0. The highest BCUT2D eigenvalue weighted by atomic mass is 28.4. The first-order chi connectivity index (χ1) is 6.04. The van der Waals surface area contributed by atoms with Crippen LogP contribution in [0.2, 0.25) is 18.6 Å². The fourth-order valence-electron chi connectivity index (χ4n) is 0.603. The molecular weight excluding hydrogens is 196 g/mol. The van der Waals surface area contributed by atoms with E-state index in [-0.39, 0.29) is 0 Å². The van der Waals surface area contributed by atoms with Crippen molar-refractivity contribution in [1.29, 1.82) is 0 Å². The number of carbonyl (C=O) groups is 1. The molecule has 0 heterocycles. The highest BCUT2D eigenvalue weighted by Gasteiger charge is 2.33. The molecule has 0 atom stereocenters. The third-order valence-electron chi connectivity index (χ3n) is 2.13. The van der Waals surface area contributed by atoms with Crippen molar-refractivity contribution in [1.82, 2.24) is 0 Å². The topological polar surface area (TPSA) is 35.5 Å². The van der Waals surface area contributed by atoms with Crippen LogP contribution in [0.4, 0.5) is 4.79 Å². The molecule has 0 N–H and O–H groups in total. The van der Waals surface area contributed by atoms with Gasteiger partial charge in [0.2, 0.25) is 0 Å². The lowest BCUT2D eigenvalue weighted by Crippen LogP contribution is -2.38. The molecule has 0 aliphatic rings. The highest BCUT2D eigenvalue weighted by Crippen LogP contribution is 2.22. The minimum Gasteiger partial charge on any atom is -0.489 e. The monoisotopic (exact) mass is 218 g/mol. The number of carbonyl (C=O) groups excluding carboxylic acids is 1. The second-order valence-corrected chi connectivity index (χ2v) is 9.89. The lowest BCUT2D eigenvalue weighted by Gasteiger charge is -2.28.